The molecule has 3 rings (SSSR count). The molecule has 9 nitrogen and oxygen atoms in total. The van der Waals surface area contributed by atoms with Gasteiger partial charge in [0, 0.05) is 26.3 Å². The molecule has 3 heterocycles. The summed E-state index contributed by atoms with van der Waals surface area (Å²) in [5.74, 6) is -0.0865. The summed E-state index contributed by atoms with van der Waals surface area (Å²) in [4.78, 5) is 29.2. The second-order valence-corrected chi connectivity index (χ2v) is 9.65. The Morgan fingerprint density at radius 2 is 1.97 bits per heavy atom. The average Bonchev–Trinajstić information content (AvgIpc) is 3.16. The van der Waals surface area contributed by atoms with E-state index in [1.165, 1.54) is 0 Å². The quantitative estimate of drug-likeness (QED) is 0.672. The highest BCUT2D eigenvalue weighted by molar-refractivity contribution is 5.93. The highest BCUT2D eigenvalue weighted by Gasteiger charge is 2.41. The van der Waals surface area contributed by atoms with Gasteiger partial charge in [0.15, 0.2) is 0 Å². The fourth-order valence-corrected chi connectivity index (χ4v) is 4.16. The van der Waals surface area contributed by atoms with Crippen LogP contribution >= 0.6 is 0 Å². The van der Waals surface area contributed by atoms with E-state index in [1.54, 1.807) is 23.0 Å². The third-order valence-corrected chi connectivity index (χ3v) is 5.63. The third-order valence-electron chi connectivity index (χ3n) is 5.63. The van der Waals surface area contributed by atoms with Gasteiger partial charge in [-0.15, -0.1) is 0 Å². The second kappa shape index (κ2) is 9.99. The zero-order chi connectivity index (χ0) is 22.5. The molecule has 1 aromatic heterocycles. The summed E-state index contributed by atoms with van der Waals surface area (Å²) in [6.45, 7) is 9.93. The number of carbonyl (C=O) groups excluding carboxylic acids is 2. The fourth-order valence-electron chi connectivity index (χ4n) is 4.16. The molecule has 1 unspecified atom stereocenters. The molecule has 0 aromatic carbocycles. The van der Waals surface area contributed by atoms with Crippen molar-refractivity contribution >= 4 is 12.0 Å². The molecule has 0 radical (unpaired) electrons. The lowest BCUT2D eigenvalue weighted by Gasteiger charge is -2.44. The van der Waals surface area contributed by atoms with Crippen molar-refractivity contribution in [3.8, 4) is 0 Å². The Balaban J connectivity index is 1.77. The SMILES string of the molecule is CN1CC2(CCCNCCCCn3cc(cn3)C1=O)CN(C(=O)OC(C)(C)C)CCO2. The maximum absolute atomic E-state index is 13.0. The van der Waals surface area contributed by atoms with Crippen LogP contribution in [0.25, 0.3) is 0 Å². The Labute approximate surface area is 185 Å². The molecule has 174 valence electrons. The van der Waals surface area contributed by atoms with Crippen molar-refractivity contribution in [1.29, 1.82) is 0 Å². The summed E-state index contributed by atoms with van der Waals surface area (Å²) < 4.78 is 13.7. The molecular formula is C22H37N5O4. The van der Waals surface area contributed by atoms with E-state index in [2.05, 4.69) is 10.4 Å². The van der Waals surface area contributed by atoms with Crippen molar-refractivity contribution < 1.29 is 19.1 Å². The summed E-state index contributed by atoms with van der Waals surface area (Å²) in [5.41, 5.74) is -0.607. The van der Waals surface area contributed by atoms with Gasteiger partial charge in [-0.3, -0.25) is 9.48 Å². The molecule has 0 aliphatic carbocycles. The monoisotopic (exact) mass is 435 g/mol. The molecule has 2 aliphatic rings. The van der Waals surface area contributed by atoms with E-state index in [4.69, 9.17) is 9.47 Å². The van der Waals surface area contributed by atoms with Gasteiger partial charge in [0.2, 0.25) is 0 Å². The van der Waals surface area contributed by atoms with Crippen LogP contribution in [0, 0.1) is 0 Å². The van der Waals surface area contributed by atoms with Crippen LogP contribution in [-0.4, -0.2) is 89.2 Å². The van der Waals surface area contributed by atoms with Crippen LogP contribution in [0.2, 0.25) is 0 Å². The molecule has 1 spiro atoms. The number of nitrogens with one attached hydrogen (secondary N) is 1. The molecular weight excluding hydrogens is 398 g/mol. The van der Waals surface area contributed by atoms with E-state index in [0.717, 1.165) is 45.3 Å². The Kier molecular flexibility index (Phi) is 7.59. The minimum absolute atomic E-state index is 0.0865. The van der Waals surface area contributed by atoms with Gasteiger partial charge in [0.1, 0.15) is 11.2 Å². The van der Waals surface area contributed by atoms with E-state index < -0.39 is 11.2 Å². The van der Waals surface area contributed by atoms with Crippen LogP contribution < -0.4 is 5.32 Å². The average molecular weight is 436 g/mol. The summed E-state index contributed by atoms with van der Waals surface area (Å²) in [5, 5.41) is 7.82. The number of aromatic nitrogens is 2. The number of nitrogens with zero attached hydrogens (tertiary/aromatic N) is 4. The maximum Gasteiger partial charge on any atom is 0.410 e. The number of ether oxygens (including phenoxy) is 2. The number of carbonyl (C=O) groups is 2. The van der Waals surface area contributed by atoms with Gasteiger partial charge in [-0.1, -0.05) is 0 Å². The minimum atomic E-state index is -0.628. The molecule has 1 atom stereocenters. The number of hydrogen-bond donors (Lipinski definition) is 1. The number of amides is 2. The van der Waals surface area contributed by atoms with Crippen LogP contribution in [-0.2, 0) is 16.0 Å². The van der Waals surface area contributed by atoms with Gasteiger partial charge in [-0.2, -0.15) is 5.10 Å². The molecule has 1 saturated heterocycles. The third kappa shape index (κ3) is 6.67. The van der Waals surface area contributed by atoms with E-state index in [0.29, 0.717) is 31.8 Å². The first-order valence-electron chi connectivity index (χ1n) is 11.3. The number of rotatable bonds is 0. The minimum Gasteiger partial charge on any atom is -0.444 e. The molecule has 31 heavy (non-hydrogen) atoms. The van der Waals surface area contributed by atoms with Crippen molar-refractivity contribution in [1.82, 2.24) is 24.9 Å². The van der Waals surface area contributed by atoms with Gasteiger partial charge >= 0.3 is 6.09 Å². The highest BCUT2D eigenvalue weighted by Crippen LogP contribution is 2.27. The zero-order valence-electron chi connectivity index (χ0n) is 19.4. The van der Waals surface area contributed by atoms with Crippen molar-refractivity contribution in [3.05, 3.63) is 18.0 Å². The topological polar surface area (TPSA) is 88.9 Å². The lowest BCUT2D eigenvalue weighted by molar-refractivity contribution is -0.120. The first-order chi connectivity index (χ1) is 14.7. The fraction of sp³-hybridized carbons (Fsp3) is 0.773. The second-order valence-electron chi connectivity index (χ2n) is 9.65. The number of hydrogen-bond acceptors (Lipinski definition) is 6. The van der Waals surface area contributed by atoms with Gasteiger partial charge in [-0.25, -0.2) is 4.79 Å². The normalized spacial score (nSPS) is 24.6. The smallest absolute Gasteiger partial charge is 0.410 e. The first-order valence-corrected chi connectivity index (χ1v) is 11.3. The van der Waals surface area contributed by atoms with Gasteiger partial charge in [0.05, 0.1) is 31.5 Å². The maximum atomic E-state index is 13.0. The van der Waals surface area contributed by atoms with Crippen LogP contribution in [0.3, 0.4) is 0 Å². The summed E-state index contributed by atoms with van der Waals surface area (Å²) in [6, 6.07) is 0. The number of morpholine rings is 1. The highest BCUT2D eigenvalue weighted by atomic mass is 16.6. The zero-order valence-corrected chi connectivity index (χ0v) is 19.4. The van der Waals surface area contributed by atoms with Crippen molar-refractivity contribution in [3.63, 3.8) is 0 Å². The molecule has 2 aliphatic heterocycles. The predicted octanol–water partition coefficient (Wildman–Crippen LogP) is 2.12. The van der Waals surface area contributed by atoms with E-state index >= 15 is 0 Å². The van der Waals surface area contributed by atoms with E-state index in [1.807, 2.05) is 31.6 Å². The molecule has 1 aromatic rings. The number of aryl methyl sites for hydroxylation is 1. The molecule has 1 fully saturated rings. The summed E-state index contributed by atoms with van der Waals surface area (Å²) >= 11 is 0. The first kappa shape index (κ1) is 23.5. The predicted molar refractivity (Wildman–Crippen MR) is 117 cm³/mol. The Bertz CT molecular complexity index is 759. The van der Waals surface area contributed by atoms with Gasteiger partial charge in [0.25, 0.3) is 5.91 Å². The molecule has 2 bridgehead atoms. The standard InChI is InChI=1S/C22H37N5O4/c1-21(2,3)31-20(29)26-12-13-30-22(17-26)8-7-10-23-9-5-6-11-27-15-18(14-24-27)19(28)25(4)16-22/h14-15,23H,5-13,16-17H2,1-4H3. The molecule has 0 saturated carbocycles. The van der Waals surface area contributed by atoms with Crippen molar-refractivity contribution in [2.24, 2.45) is 0 Å². The van der Waals surface area contributed by atoms with Crippen LogP contribution in [0.4, 0.5) is 4.79 Å². The largest absolute Gasteiger partial charge is 0.444 e. The summed E-state index contributed by atoms with van der Waals surface area (Å²) in [6.07, 6.45) is 6.82. The lowest BCUT2D eigenvalue weighted by Crippen LogP contribution is -2.59. The van der Waals surface area contributed by atoms with Crippen molar-refractivity contribution in [2.75, 3.05) is 46.4 Å². The Morgan fingerprint density at radius 3 is 2.74 bits per heavy atom. The molecule has 1 N–H and O–H groups in total. The van der Waals surface area contributed by atoms with Crippen molar-refractivity contribution in [2.45, 2.75) is 64.2 Å². The van der Waals surface area contributed by atoms with E-state index in [-0.39, 0.29) is 12.0 Å². The molecule has 9 heteroatoms. The van der Waals surface area contributed by atoms with Gasteiger partial charge < -0.3 is 24.6 Å². The van der Waals surface area contributed by atoms with Gasteiger partial charge in [-0.05, 0) is 59.5 Å². The Morgan fingerprint density at radius 1 is 1.19 bits per heavy atom. The summed E-state index contributed by atoms with van der Waals surface area (Å²) in [7, 11) is 1.79. The number of fused-ring (bicyclic) bond motifs is 2. The van der Waals surface area contributed by atoms with Crippen LogP contribution in [0.15, 0.2) is 12.4 Å². The van der Waals surface area contributed by atoms with E-state index in [9.17, 15) is 9.59 Å². The van der Waals surface area contributed by atoms with Crippen LogP contribution in [0.5, 0.6) is 0 Å². The van der Waals surface area contributed by atoms with Crippen LogP contribution in [0.1, 0.15) is 56.8 Å². The Hall–Kier alpha value is -2.13. The lowest BCUT2D eigenvalue weighted by atomic mass is 9.94. The molecule has 2 amide bonds. The number of likely N-dealkylation sites (N-methyl/N-ethyl adjacent to an activating group) is 1.